The quantitative estimate of drug-likeness (QED) is 0.860. The second-order valence-electron chi connectivity index (χ2n) is 4.49. The molecular formula is C13H17FN4O. The first kappa shape index (κ1) is 13.5. The van der Waals surface area contributed by atoms with E-state index < -0.39 is 0 Å². The molecule has 0 spiro atoms. The molecular weight excluding hydrogens is 247 g/mol. The van der Waals surface area contributed by atoms with Crippen LogP contribution in [0.15, 0.2) is 24.5 Å². The van der Waals surface area contributed by atoms with Crippen LogP contribution in [0.3, 0.4) is 0 Å². The fourth-order valence-electron chi connectivity index (χ4n) is 1.92. The molecule has 2 N–H and O–H groups in total. The zero-order valence-electron chi connectivity index (χ0n) is 11.0. The summed E-state index contributed by atoms with van der Waals surface area (Å²) >= 11 is 0. The minimum absolute atomic E-state index is 0.0973. The van der Waals surface area contributed by atoms with Gasteiger partial charge in [-0.1, -0.05) is 0 Å². The van der Waals surface area contributed by atoms with E-state index in [1.165, 1.54) is 18.2 Å². The molecule has 0 radical (unpaired) electrons. The van der Waals surface area contributed by atoms with Gasteiger partial charge in [-0.05, 0) is 25.1 Å². The molecule has 0 aliphatic carbocycles. The largest absolute Gasteiger partial charge is 0.508 e. The van der Waals surface area contributed by atoms with Crippen molar-refractivity contribution in [2.75, 3.05) is 6.54 Å². The Morgan fingerprint density at radius 1 is 1.47 bits per heavy atom. The standard InChI is InChI=1S/C13H17FN4O/c1-9(11-7-10(14)3-4-12(11)19)15-6-5-13-17-16-8-18(13)2/h3-4,7-9,15,19H,5-6H2,1-2H3. The van der Waals surface area contributed by atoms with Crippen LogP contribution in [0, 0.1) is 5.82 Å². The molecule has 1 atom stereocenters. The van der Waals surface area contributed by atoms with Gasteiger partial charge in [-0.15, -0.1) is 10.2 Å². The fourth-order valence-corrected chi connectivity index (χ4v) is 1.92. The number of hydrogen-bond acceptors (Lipinski definition) is 4. The molecule has 5 nitrogen and oxygen atoms in total. The molecule has 2 rings (SSSR count). The monoisotopic (exact) mass is 264 g/mol. The number of halogens is 1. The molecule has 0 saturated carbocycles. The highest BCUT2D eigenvalue weighted by atomic mass is 19.1. The lowest BCUT2D eigenvalue weighted by Crippen LogP contribution is -2.22. The smallest absolute Gasteiger partial charge is 0.133 e. The van der Waals surface area contributed by atoms with E-state index in [4.69, 9.17) is 0 Å². The Morgan fingerprint density at radius 2 is 2.26 bits per heavy atom. The van der Waals surface area contributed by atoms with Crippen LogP contribution in [0.5, 0.6) is 5.75 Å². The number of aromatic nitrogens is 3. The zero-order chi connectivity index (χ0) is 13.8. The molecule has 1 unspecified atom stereocenters. The maximum absolute atomic E-state index is 13.1. The summed E-state index contributed by atoms with van der Waals surface area (Å²) in [4.78, 5) is 0. The van der Waals surface area contributed by atoms with E-state index in [9.17, 15) is 9.50 Å². The predicted molar refractivity (Wildman–Crippen MR) is 69.2 cm³/mol. The highest BCUT2D eigenvalue weighted by molar-refractivity contribution is 5.34. The number of phenolic OH excluding ortho intramolecular Hbond substituents is 1. The molecule has 1 heterocycles. The molecule has 0 aliphatic rings. The highest BCUT2D eigenvalue weighted by Crippen LogP contribution is 2.24. The lowest BCUT2D eigenvalue weighted by atomic mass is 10.1. The minimum Gasteiger partial charge on any atom is -0.508 e. The van der Waals surface area contributed by atoms with Crippen molar-refractivity contribution in [2.45, 2.75) is 19.4 Å². The summed E-state index contributed by atoms with van der Waals surface area (Å²) in [5.41, 5.74) is 0.554. The molecule has 0 fully saturated rings. The fraction of sp³-hybridized carbons (Fsp3) is 0.385. The van der Waals surface area contributed by atoms with Gasteiger partial charge in [-0.25, -0.2) is 4.39 Å². The predicted octanol–water partition coefficient (Wildman–Crippen LogP) is 1.55. The number of phenols is 1. The Labute approximate surface area is 111 Å². The van der Waals surface area contributed by atoms with Crippen LogP contribution in [-0.2, 0) is 13.5 Å². The van der Waals surface area contributed by atoms with Crippen molar-refractivity contribution in [1.29, 1.82) is 0 Å². The minimum atomic E-state index is -0.352. The van der Waals surface area contributed by atoms with Gasteiger partial charge in [0.25, 0.3) is 0 Å². The Hall–Kier alpha value is -1.95. The van der Waals surface area contributed by atoms with Crippen molar-refractivity contribution in [3.63, 3.8) is 0 Å². The number of nitrogens with zero attached hydrogens (tertiary/aromatic N) is 3. The van der Waals surface area contributed by atoms with Crippen molar-refractivity contribution in [3.8, 4) is 5.75 Å². The van der Waals surface area contributed by atoms with Crippen molar-refractivity contribution >= 4 is 0 Å². The topological polar surface area (TPSA) is 63.0 Å². The maximum Gasteiger partial charge on any atom is 0.133 e. The van der Waals surface area contributed by atoms with Gasteiger partial charge >= 0.3 is 0 Å². The molecule has 0 saturated heterocycles. The molecule has 0 aliphatic heterocycles. The molecule has 1 aromatic heterocycles. The van der Waals surface area contributed by atoms with E-state index in [1.54, 1.807) is 6.33 Å². The Balaban J connectivity index is 1.92. The maximum atomic E-state index is 13.1. The van der Waals surface area contributed by atoms with Gasteiger partial charge < -0.3 is 15.0 Å². The van der Waals surface area contributed by atoms with Crippen LogP contribution in [0.2, 0.25) is 0 Å². The van der Waals surface area contributed by atoms with Crippen molar-refractivity contribution < 1.29 is 9.50 Å². The molecule has 19 heavy (non-hydrogen) atoms. The Morgan fingerprint density at radius 3 is 2.95 bits per heavy atom. The number of hydrogen-bond donors (Lipinski definition) is 2. The zero-order valence-corrected chi connectivity index (χ0v) is 11.0. The van der Waals surface area contributed by atoms with Gasteiger partial charge in [-0.2, -0.15) is 0 Å². The Bertz CT molecular complexity index is 555. The first-order chi connectivity index (χ1) is 9.08. The van der Waals surface area contributed by atoms with Crippen LogP contribution in [0.4, 0.5) is 4.39 Å². The third-order valence-electron chi connectivity index (χ3n) is 3.06. The molecule has 2 aromatic rings. The highest BCUT2D eigenvalue weighted by Gasteiger charge is 2.11. The van der Waals surface area contributed by atoms with E-state index in [-0.39, 0.29) is 17.6 Å². The van der Waals surface area contributed by atoms with Crippen LogP contribution in [-0.4, -0.2) is 26.4 Å². The van der Waals surface area contributed by atoms with Crippen LogP contribution < -0.4 is 5.32 Å². The molecule has 1 aromatic carbocycles. The summed E-state index contributed by atoms with van der Waals surface area (Å²) in [6.45, 7) is 2.55. The van der Waals surface area contributed by atoms with Crippen molar-refractivity contribution in [1.82, 2.24) is 20.1 Å². The first-order valence-corrected chi connectivity index (χ1v) is 6.12. The third kappa shape index (κ3) is 3.29. The van der Waals surface area contributed by atoms with E-state index in [0.29, 0.717) is 12.1 Å². The first-order valence-electron chi connectivity index (χ1n) is 6.12. The normalized spacial score (nSPS) is 12.6. The van der Waals surface area contributed by atoms with Crippen molar-refractivity contribution in [2.24, 2.45) is 7.05 Å². The van der Waals surface area contributed by atoms with Crippen LogP contribution in [0.25, 0.3) is 0 Å². The lowest BCUT2D eigenvalue weighted by Gasteiger charge is -2.15. The van der Waals surface area contributed by atoms with Gasteiger partial charge in [0.15, 0.2) is 0 Å². The Kier molecular flexibility index (Phi) is 4.11. The SMILES string of the molecule is CC(NCCc1nncn1C)c1cc(F)ccc1O. The summed E-state index contributed by atoms with van der Waals surface area (Å²) in [6, 6.07) is 3.82. The summed E-state index contributed by atoms with van der Waals surface area (Å²) in [5.74, 6) is 0.623. The summed E-state index contributed by atoms with van der Waals surface area (Å²) in [5, 5.41) is 20.7. The van der Waals surface area contributed by atoms with Crippen LogP contribution >= 0.6 is 0 Å². The molecule has 0 amide bonds. The summed E-state index contributed by atoms with van der Waals surface area (Å²) in [6.07, 6.45) is 2.37. The number of benzene rings is 1. The van der Waals surface area contributed by atoms with E-state index in [2.05, 4.69) is 15.5 Å². The summed E-state index contributed by atoms with van der Waals surface area (Å²) in [7, 11) is 1.89. The van der Waals surface area contributed by atoms with E-state index in [1.807, 2.05) is 18.5 Å². The van der Waals surface area contributed by atoms with Gasteiger partial charge in [0, 0.05) is 31.6 Å². The molecule has 102 valence electrons. The van der Waals surface area contributed by atoms with E-state index >= 15 is 0 Å². The lowest BCUT2D eigenvalue weighted by molar-refractivity contribution is 0.449. The van der Waals surface area contributed by atoms with Gasteiger partial charge in [0.05, 0.1) is 0 Å². The van der Waals surface area contributed by atoms with E-state index in [0.717, 1.165) is 12.2 Å². The number of nitrogens with one attached hydrogen (secondary N) is 1. The second-order valence-corrected chi connectivity index (χ2v) is 4.49. The molecule has 6 heteroatoms. The number of aromatic hydroxyl groups is 1. The van der Waals surface area contributed by atoms with Gasteiger partial charge in [0.1, 0.15) is 23.7 Å². The molecule has 0 bridgehead atoms. The number of aryl methyl sites for hydroxylation is 1. The summed E-state index contributed by atoms with van der Waals surface area (Å²) < 4.78 is 15.0. The van der Waals surface area contributed by atoms with Gasteiger partial charge in [0.2, 0.25) is 0 Å². The average Bonchev–Trinajstić information content (AvgIpc) is 2.78. The second kappa shape index (κ2) is 5.79. The van der Waals surface area contributed by atoms with Crippen molar-refractivity contribution in [3.05, 3.63) is 41.7 Å². The average molecular weight is 264 g/mol. The van der Waals surface area contributed by atoms with Gasteiger partial charge in [-0.3, -0.25) is 0 Å². The van der Waals surface area contributed by atoms with Crippen LogP contribution in [0.1, 0.15) is 24.4 Å². The third-order valence-corrected chi connectivity index (χ3v) is 3.06. The number of rotatable bonds is 5.